The first kappa shape index (κ1) is 107. The van der Waals surface area contributed by atoms with E-state index < -0.39 is 95.9 Å². The number of esters is 7. The third-order valence-corrected chi connectivity index (χ3v) is 15.7. The summed E-state index contributed by atoms with van der Waals surface area (Å²) in [5, 5.41) is 3.95. The van der Waals surface area contributed by atoms with Crippen molar-refractivity contribution in [1.82, 2.24) is 63.2 Å². The third-order valence-electron chi connectivity index (χ3n) is 12.4. The number of ether oxygens (including phenoxy) is 10. The summed E-state index contributed by atoms with van der Waals surface area (Å²) in [4.78, 5) is 162. The number of rotatable bonds is 21. The van der Waals surface area contributed by atoms with Crippen LogP contribution in [0.25, 0.3) is 5.65 Å². The second-order valence-electron chi connectivity index (χ2n) is 25.1. The van der Waals surface area contributed by atoms with Crippen molar-refractivity contribution in [3.8, 4) is 0 Å². The van der Waals surface area contributed by atoms with Gasteiger partial charge in [0.25, 0.3) is 7.37 Å². The Balaban J connectivity index is 0.00000139. The van der Waals surface area contributed by atoms with Crippen LogP contribution in [0.15, 0.2) is 141 Å². The topological polar surface area (TPSA) is 545 Å². The molecule has 2 aromatic carbocycles. The highest BCUT2D eigenvalue weighted by Crippen LogP contribution is 2.42. The normalized spacial score (nSPS) is 10.4. The largest absolute Gasteiger partial charge is 0.466 e. The number of carbonyl (C=O) groups excluding carboxylic acids is 11. The predicted molar refractivity (Wildman–Crippen MR) is 450 cm³/mol. The molecule has 0 aliphatic rings. The minimum absolute atomic E-state index is 0.0114. The van der Waals surface area contributed by atoms with Gasteiger partial charge in [0.1, 0.15) is 42.6 Å². The van der Waals surface area contributed by atoms with Crippen LogP contribution >= 0.6 is 55.2 Å². The van der Waals surface area contributed by atoms with Crippen LogP contribution in [0.3, 0.4) is 0 Å². The van der Waals surface area contributed by atoms with Crippen LogP contribution < -0.4 is 44.1 Å². The number of nitrogens with zero attached hydrogens (tertiary/aromatic N) is 11. The average molecular weight is 1920 g/mol. The highest BCUT2D eigenvalue weighted by molar-refractivity contribution is 9.11. The minimum atomic E-state index is -3.13. The van der Waals surface area contributed by atoms with Gasteiger partial charge < -0.3 is 58.2 Å². The van der Waals surface area contributed by atoms with Crippen molar-refractivity contribution in [2.45, 2.75) is 148 Å². The zero-order valence-electron chi connectivity index (χ0n) is 71.0. The predicted octanol–water partition coefficient (Wildman–Crippen LogP) is 11.0. The third kappa shape index (κ3) is 41.5. The molecule has 0 bridgehead atoms. The van der Waals surface area contributed by atoms with Crippen molar-refractivity contribution in [2.24, 2.45) is 5.90 Å². The van der Waals surface area contributed by atoms with Crippen molar-refractivity contribution in [2.75, 3.05) is 75.5 Å². The molecule has 0 unspecified atom stereocenters. The fourth-order valence-corrected chi connectivity index (χ4v) is 10.8. The zero-order valence-corrected chi connectivity index (χ0v) is 75.7. The summed E-state index contributed by atoms with van der Waals surface area (Å²) in [6, 6.07) is 18.0. The number of imidazole rings is 6. The molecule has 9 N–H and O–H groups in total. The summed E-state index contributed by atoms with van der Waals surface area (Å²) in [5.74, 6) is 6.49. The summed E-state index contributed by atoms with van der Waals surface area (Å²) >= 11 is 9.37. The number of hydrogen-bond acceptors (Lipinski definition) is 32. The monoisotopic (exact) mass is 1920 g/mol. The number of ketones is 1. The number of aromatic amines is 2. The van der Waals surface area contributed by atoms with Gasteiger partial charge in [0, 0.05) is 62.3 Å². The smallest absolute Gasteiger partial charge is 0.427 e. The molecule has 9 aromatic rings. The van der Waals surface area contributed by atoms with Crippen LogP contribution in [-0.2, 0) is 66.1 Å². The Labute approximate surface area is 722 Å². The Morgan fingerprint density at radius 3 is 1.32 bits per heavy atom. The molecule has 7 heterocycles. The lowest BCUT2D eigenvalue weighted by Gasteiger charge is -2.20. The van der Waals surface area contributed by atoms with Gasteiger partial charge in [-0.2, -0.15) is 0 Å². The number of halogens is 4. The van der Waals surface area contributed by atoms with E-state index in [-0.39, 0.29) is 72.7 Å². The molecule has 0 saturated heterocycles. The number of carbonyl (C=O) groups is 11. The second-order valence-corrected chi connectivity index (χ2v) is 29.9. The molecule has 9 rings (SSSR count). The van der Waals surface area contributed by atoms with Crippen LogP contribution in [0.4, 0.5) is 18.8 Å². The van der Waals surface area contributed by atoms with E-state index in [0.717, 1.165) is 18.7 Å². The molecule has 0 saturated carbocycles. The lowest BCUT2D eigenvalue weighted by molar-refractivity contribution is -0.142. The van der Waals surface area contributed by atoms with Crippen LogP contribution in [0.2, 0.25) is 0 Å². The van der Waals surface area contributed by atoms with Crippen LogP contribution in [0.1, 0.15) is 196 Å². The first-order valence-electron chi connectivity index (χ1n) is 36.7. The number of Topliss-reactive ketones (excluding diaryl/α,β-unsaturated/α-hetero) is 1. The number of nitrogens with two attached hydrogens (primary N) is 2. The lowest BCUT2D eigenvalue weighted by atomic mass is 10.2. The lowest BCUT2D eigenvalue weighted by Crippen LogP contribution is -2.33. The van der Waals surface area contributed by atoms with E-state index in [1.54, 1.807) is 147 Å². The van der Waals surface area contributed by atoms with E-state index in [1.165, 1.54) is 68.4 Å². The summed E-state index contributed by atoms with van der Waals surface area (Å²) in [6.07, 6.45) is 11.9. The van der Waals surface area contributed by atoms with Gasteiger partial charge in [-0.25, -0.2) is 118 Å². The minimum Gasteiger partial charge on any atom is -0.466 e. The fraction of sp³-hybridized carbons (Fsp3) is 0.405. The maximum Gasteiger partial charge on any atom is 0.427 e. The number of alkyl halides is 1. The van der Waals surface area contributed by atoms with Gasteiger partial charge in [-0.15, -0.1) is 0 Å². The highest BCUT2D eigenvalue weighted by atomic mass is 79.9. The van der Waals surface area contributed by atoms with Gasteiger partial charge in [0.05, 0.1) is 72.0 Å². The quantitative estimate of drug-likeness (QED) is 0.00668. The maximum absolute atomic E-state index is 12.6. The number of hydrogen-bond donors (Lipinski definition) is 7. The molecule has 7 aromatic heterocycles. The van der Waals surface area contributed by atoms with E-state index in [0.29, 0.717) is 51.4 Å². The molecule has 0 atom stereocenters. The Hall–Kier alpha value is -12.0. The number of nitrogens with one attached hydrogen (secondary N) is 5. The molecular weight excluding hydrogens is 1810 g/mol. The van der Waals surface area contributed by atoms with Crippen molar-refractivity contribution >= 4 is 137 Å². The van der Waals surface area contributed by atoms with Gasteiger partial charge in [-0.3, -0.25) is 33.2 Å². The molecule has 3 amide bonds. The van der Waals surface area contributed by atoms with Crippen LogP contribution in [-0.4, -0.2) is 199 Å². The number of amides is 3. The van der Waals surface area contributed by atoms with Crippen LogP contribution in [0.5, 0.6) is 0 Å². The Kier molecular flexibility index (Phi) is 49.3. The molecule has 0 fully saturated rings. The van der Waals surface area contributed by atoms with E-state index >= 15 is 0 Å². The van der Waals surface area contributed by atoms with Gasteiger partial charge in [-0.05, 0) is 183 Å². The molecule has 0 aliphatic heterocycles. The van der Waals surface area contributed by atoms with Crippen molar-refractivity contribution in [3.05, 3.63) is 181 Å². The molecule has 42 nitrogen and oxygen atoms in total. The number of fused-ring (bicyclic) bond motifs is 1. The van der Waals surface area contributed by atoms with E-state index in [2.05, 4.69) is 118 Å². The standard InChI is InChI=1S/C13H18BrN3O5.C12H12NO2P.C11H16BrN3O4.C11H17N3O4.C9H8BrN3O3.C6H9N3O2.C6H8N2O2.C4H8O2.CH3F.CH4/c1-5-21-10(19)6-8(18)11-15-9(14)7-17(11)16-12(20)22-13(2,3)4;13-15-16(14,11-7-3-1-4-8-11)12-9-5-2-6-10-12;1-5-18-9(16)8-13-7(12)6-15(8)14-10(17)19-11(2,3)4;1-5-17-9(15)8-12-6-7-14(8)13-10(16)18-11(2,3)4;1-2-16-9(15)5-3-11-13-4-6(10)12-8(13)7(5)14;1-2-11-6(10)5-8-3-4-9(5)7;1-2-10-6(9)5-7-3-4-8-5;1-3-6-4(2)5;1-2;/h7H,5-6H2,1-4H3,(H,16,20);1-10H,13H2;6H,5H2,1-4H3,(H,14,17);6-7H,5H2,1-4H3,(H,13,16);3-4,11H,2H2,1H3;3-4H,2,7H2,1H3;3-4H,2H2,1H3,(H,7,8);3H2,1-2H3;1H3;1H4/i;;;;;;;;;1D. The van der Waals surface area contributed by atoms with Crippen molar-refractivity contribution < 1.29 is 115 Å². The van der Waals surface area contributed by atoms with E-state index in [4.69, 9.17) is 50.9 Å². The van der Waals surface area contributed by atoms with Crippen molar-refractivity contribution in [3.63, 3.8) is 0 Å². The van der Waals surface area contributed by atoms with Crippen LogP contribution in [0, 0.1) is 0 Å². The first-order valence-corrected chi connectivity index (χ1v) is 39.7. The summed E-state index contributed by atoms with van der Waals surface area (Å²) in [7, 11) is -1.38. The molecule has 0 aliphatic carbocycles. The van der Waals surface area contributed by atoms with E-state index in [1.807, 2.05) is 36.4 Å². The molecule has 0 spiro atoms. The molecule has 666 valence electrons. The SMILES string of the molecule is CCOC(=O)CC(=O)c1nc(Br)cn1NC(=O)OC(C)(C)C.CCOC(=O)c1c[nH]n2cc(Br)nc2c1=O.CCOC(=O)c1nc(Br)cn1NC(=O)OC(C)(C)C.CCOC(=O)c1ncc[nH]1.CCOC(=O)c1nccn1N.CCOC(=O)c1nccn1NC(=O)OC(C)(C)C.CCOC(C)=O.CF.NOP(=O)(c1ccccc1)c1ccccc1.[2H]C. The molecular formula is C74H103Br3FN18O24P. The molecule has 47 heteroatoms. The number of benzene rings is 2. The summed E-state index contributed by atoms with van der Waals surface area (Å²) < 4.78 is 87.9. The zero-order chi connectivity index (χ0) is 93.1. The Morgan fingerprint density at radius 2 is 0.917 bits per heavy atom. The number of nitrogen functional groups attached to an aromatic ring is 1. The number of H-pyrrole nitrogens is 2. The van der Waals surface area contributed by atoms with Gasteiger partial charge in [-0.1, -0.05) is 43.8 Å². The average Bonchev–Trinajstić information content (AvgIpc) is 1.50. The highest BCUT2D eigenvalue weighted by Gasteiger charge is 2.29. The first-order chi connectivity index (χ1) is 57.4. The second kappa shape index (κ2) is 55.7. The molecule has 121 heavy (non-hydrogen) atoms. The summed E-state index contributed by atoms with van der Waals surface area (Å²) in [6.45, 7) is 31.0. The summed E-state index contributed by atoms with van der Waals surface area (Å²) in [5.41, 5.74) is 4.85. The van der Waals surface area contributed by atoms with Gasteiger partial charge in [0.2, 0.25) is 40.2 Å². The Bertz CT molecular complexity index is 4790. The van der Waals surface area contributed by atoms with Gasteiger partial charge in [0.15, 0.2) is 5.82 Å². The number of aromatic nitrogens is 13. The maximum atomic E-state index is 12.6. The van der Waals surface area contributed by atoms with Gasteiger partial charge >= 0.3 is 60.1 Å². The molecule has 0 radical (unpaired) electrons. The fourth-order valence-electron chi connectivity index (χ4n) is 8.03. The Morgan fingerprint density at radius 1 is 0.521 bits per heavy atom. The van der Waals surface area contributed by atoms with E-state index in [9.17, 15) is 66.5 Å². The van der Waals surface area contributed by atoms with Crippen molar-refractivity contribution in [1.29, 1.82) is 0 Å².